The van der Waals surface area contributed by atoms with Crippen LogP contribution in [0, 0.1) is 11.8 Å². The van der Waals surface area contributed by atoms with Gasteiger partial charge in [-0.1, -0.05) is 27.2 Å². The van der Waals surface area contributed by atoms with E-state index in [1.165, 1.54) is 32.4 Å². The predicted molar refractivity (Wildman–Crippen MR) is 71.5 cm³/mol. The van der Waals surface area contributed by atoms with Crippen LogP contribution in [-0.4, -0.2) is 42.6 Å². The Morgan fingerprint density at radius 3 is 2.19 bits per heavy atom. The Morgan fingerprint density at radius 2 is 1.69 bits per heavy atom. The van der Waals surface area contributed by atoms with Crippen LogP contribution in [-0.2, 0) is 0 Å². The van der Waals surface area contributed by atoms with Gasteiger partial charge in [0.1, 0.15) is 0 Å². The zero-order chi connectivity index (χ0) is 12.1. The zero-order valence-corrected chi connectivity index (χ0v) is 11.9. The van der Waals surface area contributed by atoms with Crippen molar-refractivity contribution in [2.75, 3.05) is 26.8 Å². The molecule has 1 rings (SSSR count). The highest BCUT2D eigenvalue weighted by atomic mass is 15.4. The molecule has 0 aliphatic carbocycles. The van der Waals surface area contributed by atoms with Crippen molar-refractivity contribution >= 4 is 0 Å². The third-order valence-corrected chi connectivity index (χ3v) is 4.06. The van der Waals surface area contributed by atoms with E-state index in [4.69, 9.17) is 0 Å². The Labute approximate surface area is 102 Å². The van der Waals surface area contributed by atoms with Crippen molar-refractivity contribution in [2.45, 2.75) is 53.0 Å². The van der Waals surface area contributed by atoms with Crippen LogP contribution in [0.15, 0.2) is 0 Å². The maximum atomic E-state index is 2.62. The lowest BCUT2D eigenvalue weighted by Crippen LogP contribution is -2.33. The van der Waals surface area contributed by atoms with Gasteiger partial charge in [-0.2, -0.15) is 0 Å². The number of nitrogens with zero attached hydrogens (tertiary/aromatic N) is 2. The molecule has 1 aliphatic heterocycles. The number of likely N-dealkylation sites (N-methyl/N-ethyl adjacent to an activating group) is 1. The van der Waals surface area contributed by atoms with Gasteiger partial charge < -0.3 is 0 Å². The Kier molecular flexibility index (Phi) is 5.77. The van der Waals surface area contributed by atoms with E-state index in [-0.39, 0.29) is 0 Å². The lowest BCUT2D eigenvalue weighted by atomic mass is 9.90. The zero-order valence-electron chi connectivity index (χ0n) is 11.9. The molecular formula is C14H30N2. The van der Waals surface area contributed by atoms with Crippen molar-refractivity contribution in [3.8, 4) is 0 Å². The van der Waals surface area contributed by atoms with Gasteiger partial charge in [0.2, 0.25) is 0 Å². The number of rotatable bonds is 6. The third-order valence-electron chi connectivity index (χ3n) is 4.06. The monoisotopic (exact) mass is 226 g/mol. The summed E-state index contributed by atoms with van der Waals surface area (Å²) < 4.78 is 0. The van der Waals surface area contributed by atoms with Crippen LogP contribution in [0.5, 0.6) is 0 Å². The van der Waals surface area contributed by atoms with Gasteiger partial charge in [0, 0.05) is 19.1 Å². The van der Waals surface area contributed by atoms with Crippen molar-refractivity contribution in [3.05, 3.63) is 0 Å². The molecule has 96 valence electrons. The smallest absolute Gasteiger partial charge is 0.0507 e. The first kappa shape index (κ1) is 14.0. The summed E-state index contributed by atoms with van der Waals surface area (Å²) in [5, 5.41) is 0. The van der Waals surface area contributed by atoms with Crippen molar-refractivity contribution in [1.82, 2.24) is 9.80 Å². The van der Waals surface area contributed by atoms with E-state index in [1.54, 1.807) is 0 Å². The lowest BCUT2D eigenvalue weighted by molar-refractivity contribution is 0.186. The molecule has 0 aromatic rings. The van der Waals surface area contributed by atoms with Gasteiger partial charge in [-0.15, -0.1) is 0 Å². The summed E-state index contributed by atoms with van der Waals surface area (Å²) in [7, 11) is 2.22. The molecule has 3 atom stereocenters. The molecule has 0 amide bonds. The Hall–Kier alpha value is -0.0800. The lowest BCUT2D eigenvalue weighted by Gasteiger charge is -2.27. The second kappa shape index (κ2) is 6.61. The highest BCUT2D eigenvalue weighted by Crippen LogP contribution is 2.21. The normalized spacial score (nSPS) is 24.6. The Bertz CT molecular complexity index is 193. The first-order chi connectivity index (χ1) is 7.52. The van der Waals surface area contributed by atoms with Gasteiger partial charge in [0.25, 0.3) is 0 Å². The van der Waals surface area contributed by atoms with Crippen LogP contribution in [0.3, 0.4) is 0 Å². The van der Waals surface area contributed by atoms with Gasteiger partial charge >= 0.3 is 0 Å². The minimum Gasteiger partial charge on any atom is -0.292 e. The largest absolute Gasteiger partial charge is 0.292 e. The maximum Gasteiger partial charge on any atom is 0.0507 e. The van der Waals surface area contributed by atoms with Gasteiger partial charge in [0.05, 0.1) is 6.67 Å². The van der Waals surface area contributed by atoms with Crippen molar-refractivity contribution in [2.24, 2.45) is 11.8 Å². The van der Waals surface area contributed by atoms with E-state index in [0.717, 1.165) is 24.5 Å². The molecule has 2 nitrogen and oxygen atoms in total. The summed E-state index contributed by atoms with van der Waals surface area (Å²) in [4.78, 5) is 5.03. The van der Waals surface area contributed by atoms with Gasteiger partial charge in [-0.3, -0.25) is 9.80 Å². The van der Waals surface area contributed by atoms with E-state index in [0.29, 0.717) is 0 Å². The fourth-order valence-corrected chi connectivity index (χ4v) is 2.79. The first-order valence-corrected chi connectivity index (χ1v) is 6.95. The molecule has 0 radical (unpaired) electrons. The van der Waals surface area contributed by atoms with Crippen LogP contribution in [0.1, 0.15) is 47.0 Å². The minimum absolute atomic E-state index is 0.754. The molecule has 1 saturated heterocycles. The molecule has 1 aliphatic rings. The molecule has 0 aromatic carbocycles. The first-order valence-electron chi connectivity index (χ1n) is 6.95. The van der Waals surface area contributed by atoms with Crippen molar-refractivity contribution < 1.29 is 0 Å². The maximum absolute atomic E-state index is 2.62. The quantitative estimate of drug-likeness (QED) is 0.687. The topological polar surface area (TPSA) is 6.48 Å². The molecule has 0 saturated carbocycles. The van der Waals surface area contributed by atoms with E-state index in [1.807, 2.05) is 0 Å². The summed E-state index contributed by atoms with van der Waals surface area (Å²) in [6.07, 6.45) is 4.08. The molecule has 3 unspecified atom stereocenters. The highest BCUT2D eigenvalue weighted by Gasteiger charge is 2.22. The fraction of sp³-hybridized carbons (Fsp3) is 1.00. The van der Waals surface area contributed by atoms with Gasteiger partial charge in [-0.05, 0) is 38.6 Å². The predicted octanol–water partition coefficient (Wildman–Crippen LogP) is 3.04. The SMILES string of the molecule is CCC(C)CC(C)CC(C)N1CCN(C)C1. The van der Waals surface area contributed by atoms with Crippen LogP contribution in [0.2, 0.25) is 0 Å². The molecule has 0 aromatic heterocycles. The van der Waals surface area contributed by atoms with Crippen molar-refractivity contribution in [1.29, 1.82) is 0 Å². The molecule has 2 heteroatoms. The van der Waals surface area contributed by atoms with Crippen LogP contribution in [0.25, 0.3) is 0 Å². The number of hydrogen-bond donors (Lipinski definition) is 0. The average molecular weight is 226 g/mol. The minimum atomic E-state index is 0.754. The third kappa shape index (κ3) is 4.42. The molecule has 1 heterocycles. The standard InChI is InChI=1S/C14H30N2/c1-6-12(2)9-13(3)10-14(4)16-8-7-15(5)11-16/h12-14H,6-11H2,1-5H3. The summed E-state index contributed by atoms with van der Waals surface area (Å²) in [5.41, 5.74) is 0. The van der Waals surface area contributed by atoms with Crippen LogP contribution < -0.4 is 0 Å². The van der Waals surface area contributed by atoms with E-state index in [2.05, 4.69) is 44.5 Å². The van der Waals surface area contributed by atoms with Crippen molar-refractivity contribution in [3.63, 3.8) is 0 Å². The summed E-state index contributed by atoms with van der Waals surface area (Å²) in [6.45, 7) is 13.2. The summed E-state index contributed by atoms with van der Waals surface area (Å²) in [6, 6.07) is 0.754. The van der Waals surface area contributed by atoms with E-state index >= 15 is 0 Å². The average Bonchev–Trinajstić information content (AvgIpc) is 2.64. The molecule has 1 fully saturated rings. The Balaban J connectivity index is 2.25. The molecule has 0 N–H and O–H groups in total. The molecule has 0 spiro atoms. The highest BCUT2D eigenvalue weighted by molar-refractivity contribution is 4.76. The van der Waals surface area contributed by atoms with E-state index in [9.17, 15) is 0 Å². The number of hydrogen-bond acceptors (Lipinski definition) is 2. The van der Waals surface area contributed by atoms with E-state index < -0.39 is 0 Å². The molecule has 0 bridgehead atoms. The summed E-state index contributed by atoms with van der Waals surface area (Å²) >= 11 is 0. The second-order valence-corrected chi connectivity index (χ2v) is 5.97. The Morgan fingerprint density at radius 1 is 1.00 bits per heavy atom. The fourth-order valence-electron chi connectivity index (χ4n) is 2.79. The summed E-state index contributed by atoms with van der Waals surface area (Å²) in [5.74, 6) is 1.76. The second-order valence-electron chi connectivity index (χ2n) is 5.97. The van der Waals surface area contributed by atoms with Gasteiger partial charge in [-0.25, -0.2) is 0 Å². The van der Waals surface area contributed by atoms with Gasteiger partial charge in [0.15, 0.2) is 0 Å². The van der Waals surface area contributed by atoms with Crippen LogP contribution in [0.4, 0.5) is 0 Å². The molecular weight excluding hydrogens is 196 g/mol. The van der Waals surface area contributed by atoms with Crippen LogP contribution >= 0.6 is 0 Å². The molecule has 16 heavy (non-hydrogen) atoms.